The molecule has 1 aliphatic heterocycles. The third-order valence-corrected chi connectivity index (χ3v) is 11.4. The molecule has 0 bridgehead atoms. The van der Waals surface area contributed by atoms with Gasteiger partial charge in [-0.25, -0.2) is 20.8 Å². The average molecular weight is 676 g/mol. The predicted octanol–water partition coefficient (Wildman–Crippen LogP) is 3.77. The first-order chi connectivity index (χ1) is 20.5. The second-order valence-electron chi connectivity index (χ2n) is 9.32. The van der Waals surface area contributed by atoms with E-state index in [-0.39, 0.29) is 40.0 Å². The Morgan fingerprint density at radius 1 is 0.886 bits per heavy atom. The Morgan fingerprint density at radius 3 is 2.14 bits per heavy atom. The molecule has 0 saturated carbocycles. The van der Waals surface area contributed by atoms with E-state index < -0.39 is 69.2 Å². The standard InChI is InChI=1S/C25H20F3N3O10S3/c1-40-22-14-21-17(13-23(22)41-44(38,39)25(26,27)28)18-15-29(43(36,37)24-10-6-5-9-20(24)31(32)33)12-11-19(18)30(21)42(34,35)16-7-3-2-4-8-16/h2-10,13-14H,11-12,15H2,1H3. The molecule has 0 N–H and O–H groups in total. The van der Waals surface area contributed by atoms with Gasteiger partial charge in [0, 0.05) is 42.7 Å². The first-order valence-electron chi connectivity index (χ1n) is 12.3. The van der Waals surface area contributed by atoms with E-state index in [0.717, 1.165) is 39.7 Å². The fraction of sp³-hybridized carbons (Fsp3) is 0.200. The van der Waals surface area contributed by atoms with Crippen molar-refractivity contribution < 1.29 is 52.3 Å². The topological polar surface area (TPSA) is 172 Å². The van der Waals surface area contributed by atoms with Crippen molar-refractivity contribution in [2.24, 2.45) is 0 Å². The third-order valence-electron chi connectivity index (χ3n) is 6.80. The summed E-state index contributed by atoms with van der Waals surface area (Å²) in [5.74, 6) is -1.50. The molecule has 0 saturated heterocycles. The summed E-state index contributed by atoms with van der Waals surface area (Å²) in [4.78, 5) is 9.87. The number of hydrogen-bond donors (Lipinski definition) is 0. The highest BCUT2D eigenvalue weighted by molar-refractivity contribution is 7.90. The summed E-state index contributed by atoms with van der Waals surface area (Å²) in [6.45, 7) is -0.903. The van der Waals surface area contributed by atoms with Gasteiger partial charge in [-0.2, -0.15) is 25.9 Å². The van der Waals surface area contributed by atoms with Crippen molar-refractivity contribution in [1.29, 1.82) is 0 Å². The van der Waals surface area contributed by atoms with Crippen molar-refractivity contribution in [3.63, 3.8) is 0 Å². The van der Waals surface area contributed by atoms with Crippen LogP contribution in [0.4, 0.5) is 18.9 Å². The number of rotatable bonds is 8. The number of ether oxygens (including phenoxy) is 1. The smallest absolute Gasteiger partial charge is 0.493 e. The molecule has 0 unspecified atom stereocenters. The van der Waals surface area contributed by atoms with Crippen LogP contribution in [0.3, 0.4) is 0 Å². The van der Waals surface area contributed by atoms with Crippen LogP contribution in [0.1, 0.15) is 11.3 Å². The molecular weight excluding hydrogens is 655 g/mol. The molecule has 5 rings (SSSR count). The minimum absolute atomic E-state index is 0.00942. The van der Waals surface area contributed by atoms with E-state index in [9.17, 15) is 48.5 Å². The number of nitro groups is 1. The molecule has 234 valence electrons. The number of methoxy groups -OCH3 is 1. The number of para-hydroxylation sites is 1. The van der Waals surface area contributed by atoms with E-state index in [0.29, 0.717) is 0 Å². The second-order valence-corrected chi connectivity index (χ2v) is 14.6. The van der Waals surface area contributed by atoms with E-state index in [1.165, 1.54) is 36.4 Å². The molecule has 0 amide bonds. The Kier molecular flexibility index (Phi) is 7.63. The number of nitrogens with zero attached hydrogens (tertiary/aromatic N) is 3. The highest BCUT2D eigenvalue weighted by Gasteiger charge is 2.49. The zero-order valence-corrected chi connectivity index (χ0v) is 24.7. The number of alkyl halides is 3. The largest absolute Gasteiger partial charge is 0.534 e. The summed E-state index contributed by atoms with van der Waals surface area (Å²) >= 11 is 0. The van der Waals surface area contributed by atoms with Crippen molar-refractivity contribution in [3.8, 4) is 11.5 Å². The van der Waals surface area contributed by atoms with E-state index in [1.54, 1.807) is 6.07 Å². The van der Waals surface area contributed by atoms with Crippen LogP contribution in [0.2, 0.25) is 0 Å². The van der Waals surface area contributed by atoms with Crippen LogP contribution in [0.25, 0.3) is 10.9 Å². The highest BCUT2D eigenvalue weighted by atomic mass is 32.2. The van der Waals surface area contributed by atoms with Crippen LogP contribution in [0, 0.1) is 10.1 Å². The Labute approximate surface area is 248 Å². The van der Waals surface area contributed by atoms with Gasteiger partial charge in [-0.1, -0.05) is 30.3 Å². The molecule has 0 atom stereocenters. The quantitative estimate of drug-likeness (QED) is 0.116. The monoisotopic (exact) mass is 675 g/mol. The van der Waals surface area contributed by atoms with E-state index in [2.05, 4.69) is 4.18 Å². The van der Waals surface area contributed by atoms with Gasteiger partial charge in [-0.05, 0) is 29.8 Å². The van der Waals surface area contributed by atoms with E-state index >= 15 is 0 Å². The first kappa shape index (κ1) is 31.2. The van der Waals surface area contributed by atoms with Crippen molar-refractivity contribution in [3.05, 3.63) is 88.1 Å². The molecule has 1 aromatic heterocycles. The van der Waals surface area contributed by atoms with E-state index in [4.69, 9.17) is 4.74 Å². The Bertz CT molecular complexity index is 2130. The van der Waals surface area contributed by atoms with E-state index in [1.807, 2.05) is 0 Å². The van der Waals surface area contributed by atoms with Gasteiger partial charge in [0.25, 0.3) is 15.7 Å². The lowest BCUT2D eigenvalue weighted by Gasteiger charge is -2.27. The lowest BCUT2D eigenvalue weighted by atomic mass is 10.1. The normalized spacial score (nSPS) is 14.7. The Morgan fingerprint density at radius 2 is 1.52 bits per heavy atom. The molecule has 0 aliphatic carbocycles. The summed E-state index contributed by atoms with van der Waals surface area (Å²) < 4.78 is 129. The highest BCUT2D eigenvalue weighted by Crippen LogP contribution is 2.42. The third kappa shape index (κ3) is 5.14. The van der Waals surface area contributed by atoms with Crippen molar-refractivity contribution in [2.75, 3.05) is 13.7 Å². The molecule has 0 radical (unpaired) electrons. The maximum absolute atomic E-state index is 13.9. The van der Waals surface area contributed by atoms with Gasteiger partial charge in [-0.15, -0.1) is 0 Å². The summed E-state index contributed by atoms with van der Waals surface area (Å²) in [6, 6.07) is 13.5. The summed E-state index contributed by atoms with van der Waals surface area (Å²) in [7, 11) is -14.2. The van der Waals surface area contributed by atoms with Gasteiger partial charge < -0.3 is 8.92 Å². The van der Waals surface area contributed by atoms with Crippen LogP contribution in [0.5, 0.6) is 11.5 Å². The molecule has 13 nitrogen and oxygen atoms in total. The van der Waals surface area contributed by atoms with Crippen LogP contribution in [0.15, 0.2) is 76.5 Å². The number of hydrogen-bond acceptors (Lipinski definition) is 10. The molecule has 19 heteroatoms. The lowest BCUT2D eigenvalue weighted by Crippen LogP contribution is -2.37. The van der Waals surface area contributed by atoms with Gasteiger partial charge in [0.15, 0.2) is 16.4 Å². The van der Waals surface area contributed by atoms with Gasteiger partial charge in [-0.3, -0.25) is 10.1 Å². The number of fused-ring (bicyclic) bond motifs is 3. The predicted molar refractivity (Wildman–Crippen MR) is 148 cm³/mol. The van der Waals surface area contributed by atoms with Crippen LogP contribution in [-0.2, 0) is 43.1 Å². The molecule has 44 heavy (non-hydrogen) atoms. The SMILES string of the molecule is COc1cc2c(cc1OS(=O)(=O)C(F)(F)F)c1c(n2S(=O)(=O)c2ccccc2)CCN(S(=O)(=O)c2ccccc2[N+](=O)[O-])C1. The van der Waals surface area contributed by atoms with Crippen molar-refractivity contribution in [2.45, 2.75) is 28.3 Å². The summed E-state index contributed by atoms with van der Waals surface area (Å²) in [5.41, 5.74) is -6.65. The van der Waals surface area contributed by atoms with Gasteiger partial charge >= 0.3 is 15.6 Å². The number of aromatic nitrogens is 1. The number of benzene rings is 3. The fourth-order valence-corrected chi connectivity index (χ4v) is 8.47. The van der Waals surface area contributed by atoms with Gasteiger partial charge in [0.2, 0.25) is 10.0 Å². The molecule has 3 aromatic carbocycles. The van der Waals surface area contributed by atoms with Gasteiger partial charge in [0.05, 0.1) is 22.4 Å². The molecule has 0 fully saturated rings. The lowest BCUT2D eigenvalue weighted by molar-refractivity contribution is -0.387. The maximum Gasteiger partial charge on any atom is 0.534 e. The number of sulfonamides is 1. The zero-order valence-electron chi connectivity index (χ0n) is 22.3. The van der Waals surface area contributed by atoms with Crippen molar-refractivity contribution >= 4 is 46.8 Å². The minimum atomic E-state index is -6.20. The fourth-order valence-electron chi connectivity index (χ4n) is 4.83. The molecular formula is C25H20F3N3O10S3. The molecule has 4 aromatic rings. The molecule has 0 spiro atoms. The van der Waals surface area contributed by atoms with Crippen LogP contribution in [-0.4, -0.2) is 57.6 Å². The zero-order chi connectivity index (χ0) is 32.2. The van der Waals surface area contributed by atoms with Crippen LogP contribution < -0.4 is 8.92 Å². The molecule has 2 heterocycles. The minimum Gasteiger partial charge on any atom is -0.493 e. The maximum atomic E-state index is 13.9. The second kappa shape index (κ2) is 10.8. The molecule has 1 aliphatic rings. The number of halogens is 3. The summed E-state index contributed by atoms with van der Waals surface area (Å²) in [5, 5.41) is 11.4. The first-order valence-corrected chi connectivity index (χ1v) is 16.6. The van der Waals surface area contributed by atoms with Crippen LogP contribution >= 0.6 is 0 Å². The Hall–Kier alpha value is -4.20. The average Bonchev–Trinajstić information content (AvgIpc) is 3.29. The number of nitro benzene ring substituents is 1. The Balaban J connectivity index is 1.76. The van der Waals surface area contributed by atoms with Crippen molar-refractivity contribution in [1.82, 2.24) is 8.28 Å². The summed E-state index contributed by atoms with van der Waals surface area (Å²) in [6.07, 6.45) is -0.255. The van der Waals surface area contributed by atoms with Gasteiger partial charge in [0.1, 0.15) is 0 Å².